The minimum absolute atomic E-state index is 0.172. The Hall–Kier alpha value is 0.0738. The topological polar surface area (TPSA) is 81.3 Å². The van der Waals surface area contributed by atoms with Crippen LogP contribution < -0.4 is 0 Å². The molecule has 7 heteroatoms. The van der Waals surface area contributed by atoms with Crippen molar-refractivity contribution in [3.63, 3.8) is 0 Å². The number of nitrogens with zero attached hydrogens (tertiary/aromatic N) is 1. The standard InChI is InChI=1S/C10H24NO3PSi2/c1-16(2,3)10(9-11,17(4,5)6)7-8-15(12,13)14/h7-8H2,1-6H3,(H2,12,13,14). The zero-order valence-electron chi connectivity index (χ0n) is 11.6. The largest absolute Gasteiger partial charge is 0.325 e. The van der Waals surface area contributed by atoms with Crippen molar-refractivity contribution in [1.29, 1.82) is 5.26 Å². The molecule has 0 radical (unpaired) electrons. The summed E-state index contributed by atoms with van der Waals surface area (Å²) in [5.74, 6) is 0. The number of hydrogen-bond acceptors (Lipinski definition) is 2. The Morgan fingerprint density at radius 2 is 1.47 bits per heavy atom. The summed E-state index contributed by atoms with van der Waals surface area (Å²) in [6, 6.07) is 2.45. The van der Waals surface area contributed by atoms with Crippen LogP contribution in [0.4, 0.5) is 0 Å². The highest BCUT2D eigenvalue weighted by Gasteiger charge is 2.53. The maximum atomic E-state index is 11.1. The van der Waals surface area contributed by atoms with Gasteiger partial charge in [0.2, 0.25) is 0 Å². The molecule has 0 spiro atoms. The van der Waals surface area contributed by atoms with Crippen molar-refractivity contribution < 1.29 is 14.4 Å². The molecule has 0 aromatic carbocycles. The third-order valence-corrected chi connectivity index (χ3v) is 14.7. The second kappa shape index (κ2) is 4.98. The van der Waals surface area contributed by atoms with Crippen LogP contribution in [-0.4, -0.2) is 32.1 Å². The fourth-order valence-corrected chi connectivity index (χ4v) is 15.0. The second-order valence-corrected chi connectivity index (χ2v) is 19.6. The van der Waals surface area contributed by atoms with Gasteiger partial charge in [-0.2, -0.15) is 5.26 Å². The molecule has 0 rings (SSSR count). The van der Waals surface area contributed by atoms with Gasteiger partial charge >= 0.3 is 7.60 Å². The Kier molecular flexibility index (Phi) is 5.00. The highest BCUT2D eigenvalue weighted by Crippen LogP contribution is 2.52. The molecule has 0 unspecified atom stereocenters. The normalized spacial score (nSPS) is 14.5. The van der Waals surface area contributed by atoms with Crippen LogP contribution in [0.1, 0.15) is 6.42 Å². The molecule has 17 heavy (non-hydrogen) atoms. The molecular weight excluding hydrogens is 269 g/mol. The van der Waals surface area contributed by atoms with E-state index in [2.05, 4.69) is 45.4 Å². The Labute approximate surface area is 106 Å². The van der Waals surface area contributed by atoms with E-state index in [4.69, 9.17) is 9.79 Å². The van der Waals surface area contributed by atoms with Gasteiger partial charge in [-0.15, -0.1) is 0 Å². The minimum atomic E-state index is -4.02. The van der Waals surface area contributed by atoms with Crippen LogP contribution >= 0.6 is 7.60 Å². The van der Waals surface area contributed by atoms with E-state index in [9.17, 15) is 9.83 Å². The van der Waals surface area contributed by atoms with Crippen LogP contribution in [-0.2, 0) is 4.57 Å². The summed E-state index contributed by atoms with van der Waals surface area (Å²) >= 11 is 0. The zero-order valence-corrected chi connectivity index (χ0v) is 14.5. The van der Waals surface area contributed by atoms with E-state index >= 15 is 0 Å². The fraction of sp³-hybridized carbons (Fsp3) is 0.900. The summed E-state index contributed by atoms with van der Waals surface area (Å²) in [7, 11) is -7.65. The van der Waals surface area contributed by atoms with Crippen molar-refractivity contribution >= 4 is 23.7 Å². The van der Waals surface area contributed by atoms with E-state index in [0.29, 0.717) is 6.42 Å². The maximum absolute atomic E-state index is 11.1. The molecular formula is C10H24NO3PSi2. The minimum Gasteiger partial charge on any atom is -0.324 e. The summed E-state index contributed by atoms with van der Waals surface area (Å²) in [5, 5.41) is 9.61. The van der Waals surface area contributed by atoms with Gasteiger partial charge in [-0.25, -0.2) is 0 Å². The van der Waals surface area contributed by atoms with Crippen LogP contribution in [0.15, 0.2) is 0 Å². The first kappa shape index (κ1) is 17.1. The molecule has 100 valence electrons. The molecule has 0 saturated carbocycles. The molecule has 4 nitrogen and oxygen atoms in total. The summed E-state index contributed by atoms with van der Waals surface area (Å²) < 4.78 is 10.6. The van der Waals surface area contributed by atoms with Crippen molar-refractivity contribution in [2.45, 2.75) is 50.4 Å². The number of hydrogen-bond donors (Lipinski definition) is 2. The first-order chi connectivity index (χ1) is 7.27. The Morgan fingerprint density at radius 3 is 1.65 bits per heavy atom. The average molecular weight is 293 g/mol. The van der Waals surface area contributed by atoms with Gasteiger partial charge in [0.1, 0.15) is 0 Å². The molecule has 2 N–H and O–H groups in total. The van der Waals surface area contributed by atoms with Crippen LogP contribution in [0.25, 0.3) is 0 Å². The van der Waals surface area contributed by atoms with E-state index in [-0.39, 0.29) is 6.16 Å². The molecule has 0 heterocycles. The van der Waals surface area contributed by atoms with E-state index < -0.39 is 28.4 Å². The quantitative estimate of drug-likeness (QED) is 0.603. The van der Waals surface area contributed by atoms with Crippen molar-refractivity contribution in [3.05, 3.63) is 0 Å². The third kappa shape index (κ3) is 4.04. The van der Waals surface area contributed by atoms with Crippen molar-refractivity contribution in [2.75, 3.05) is 6.16 Å². The molecule has 0 aromatic heterocycles. The van der Waals surface area contributed by atoms with E-state index in [0.717, 1.165) is 0 Å². The lowest BCUT2D eigenvalue weighted by Crippen LogP contribution is -2.54. The third-order valence-electron chi connectivity index (χ3n) is 3.53. The average Bonchev–Trinajstić information content (AvgIpc) is 1.97. The van der Waals surface area contributed by atoms with Gasteiger partial charge in [-0.3, -0.25) is 4.57 Å². The Bertz CT molecular complexity index is 345. The monoisotopic (exact) mass is 293 g/mol. The molecule has 0 amide bonds. The summed E-state index contributed by atoms with van der Waals surface area (Å²) in [6.45, 7) is 12.7. The van der Waals surface area contributed by atoms with Gasteiger partial charge in [-0.1, -0.05) is 39.3 Å². The van der Waals surface area contributed by atoms with Gasteiger partial charge < -0.3 is 9.79 Å². The highest BCUT2D eigenvalue weighted by molar-refractivity contribution is 7.51. The number of nitriles is 1. The molecule has 0 aliphatic rings. The predicted molar refractivity (Wildman–Crippen MR) is 76.5 cm³/mol. The molecule has 0 atom stereocenters. The van der Waals surface area contributed by atoms with Crippen molar-refractivity contribution in [1.82, 2.24) is 0 Å². The van der Waals surface area contributed by atoms with Gasteiger partial charge in [0.25, 0.3) is 0 Å². The number of rotatable bonds is 5. The summed E-state index contributed by atoms with van der Waals surface area (Å²) in [4.78, 5) is 18.1. The van der Waals surface area contributed by atoms with Gasteiger partial charge in [0.15, 0.2) is 0 Å². The molecule has 0 bridgehead atoms. The lowest BCUT2D eigenvalue weighted by Gasteiger charge is -2.46. The Balaban J connectivity index is 5.43. The smallest absolute Gasteiger partial charge is 0.324 e. The van der Waals surface area contributed by atoms with Gasteiger partial charge in [-0.05, 0) is 6.42 Å². The van der Waals surface area contributed by atoms with Crippen molar-refractivity contribution in [2.24, 2.45) is 0 Å². The lowest BCUT2D eigenvalue weighted by atomic mass is 10.3. The highest BCUT2D eigenvalue weighted by atomic mass is 31.2. The Morgan fingerprint density at radius 1 is 1.12 bits per heavy atom. The maximum Gasteiger partial charge on any atom is 0.325 e. The van der Waals surface area contributed by atoms with Crippen LogP contribution in [0, 0.1) is 11.3 Å². The summed E-state index contributed by atoms with van der Waals surface area (Å²) in [5.41, 5.74) is 0. The van der Waals surface area contributed by atoms with E-state index in [1.807, 2.05) is 0 Å². The van der Waals surface area contributed by atoms with Crippen molar-refractivity contribution in [3.8, 4) is 6.07 Å². The SMILES string of the molecule is C[Si](C)(C)C(C#N)(CCP(=O)(O)O)[Si](C)(C)C. The van der Waals surface area contributed by atoms with Crippen LogP contribution in [0.3, 0.4) is 0 Å². The van der Waals surface area contributed by atoms with Gasteiger partial charge in [0, 0.05) is 4.66 Å². The molecule has 0 fully saturated rings. The van der Waals surface area contributed by atoms with Gasteiger partial charge in [0.05, 0.1) is 28.4 Å². The molecule has 0 aromatic rings. The first-order valence-electron chi connectivity index (χ1n) is 5.73. The fourth-order valence-electron chi connectivity index (χ4n) is 2.58. The molecule has 0 aliphatic heterocycles. The predicted octanol–water partition coefficient (Wildman–Crippen LogP) is 3.03. The lowest BCUT2D eigenvalue weighted by molar-refractivity contribution is 0.371. The van der Waals surface area contributed by atoms with Crippen LogP contribution in [0.5, 0.6) is 0 Å². The second-order valence-electron chi connectivity index (χ2n) is 6.66. The van der Waals surface area contributed by atoms with E-state index in [1.165, 1.54) is 0 Å². The zero-order chi connectivity index (χ0) is 14.1. The molecule has 0 saturated heterocycles. The molecule has 0 aliphatic carbocycles. The first-order valence-corrected chi connectivity index (χ1v) is 14.5. The van der Waals surface area contributed by atoms with Crippen LogP contribution in [0.2, 0.25) is 43.9 Å². The van der Waals surface area contributed by atoms with E-state index in [1.54, 1.807) is 0 Å². The summed E-state index contributed by atoms with van der Waals surface area (Å²) in [6.07, 6.45) is 0.161.